The lowest BCUT2D eigenvalue weighted by Gasteiger charge is -2.28. The van der Waals surface area contributed by atoms with Gasteiger partial charge in [-0.05, 0) is 39.0 Å². The summed E-state index contributed by atoms with van der Waals surface area (Å²) in [7, 11) is 0. The van der Waals surface area contributed by atoms with Crippen LogP contribution in [0.25, 0.3) is 0 Å². The SMILES string of the molecule is CCNC(C)(CCCCSC1COC1)C(=O)OCC. The lowest BCUT2D eigenvalue weighted by atomic mass is 9.95. The van der Waals surface area contributed by atoms with E-state index in [-0.39, 0.29) is 5.97 Å². The molecule has 0 amide bonds. The smallest absolute Gasteiger partial charge is 0.326 e. The highest BCUT2D eigenvalue weighted by Gasteiger charge is 2.33. The van der Waals surface area contributed by atoms with E-state index in [1.54, 1.807) is 0 Å². The van der Waals surface area contributed by atoms with E-state index >= 15 is 0 Å². The molecule has 0 radical (unpaired) electrons. The van der Waals surface area contributed by atoms with E-state index < -0.39 is 5.54 Å². The van der Waals surface area contributed by atoms with Crippen LogP contribution < -0.4 is 5.32 Å². The summed E-state index contributed by atoms with van der Waals surface area (Å²) in [5.41, 5.74) is -0.533. The first-order valence-corrected chi connectivity index (χ1v) is 8.29. The van der Waals surface area contributed by atoms with E-state index in [9.17, 15) is 4.79 Å². The highest BCUT2D eigenvalue weighted by Crippen LogP contribution is 2.22. The van der Waals surface area contributed by atoms with Crippen LogP contribution in [-0.2, 0) is 14.3 Å². The maximum atomic E-state index is 12.0. The Hall–Kier alpha value is -0.260. The summed E-state index contributed by atoms with van der Waals surface area (Å²) in [6, 6.07) is 0. The van der Waals surface area contributed by atoms with Crippen molar-refractivity contribution in [3.63, 3.8) is 0 Å². The first kappa shape index (κ1) is 16.8. The van der Waals surface area contributed by atoms with Gasteiger partial charge in [-0.1, -0.05) is 13.3 Å². The number of thioether (sulfide) groups is 1. The average Bonchev–Trinajstić information content (AvgIpc) is 2.32. The van der Waals surface area contributed by atoms with E-state index in [1.165, 1.54) is 0 Å². The normalized spacial score (nSPS) is 18.7. The summed E-state index contributed by atoms with van der Waals surface area (Å²) in [4.78, 5) is 12.0. The molecule has 0 bridgehead atoms. The molecule has 1 aliphatic heterocycles. The highest BCUT2D eigenvalue weighted by atomic mass is 32.2. The molecule has 1 rings (SSSR count). The number of ether oxygens (including phenoxy) is 2. The minimum Gasteiger partial charge on any atom is -0.465 e. The number of unbranched alkanes of at least 4 members (excludes halogenated alkanes) is 1. The molecule has 19 heavy (non-hydrogen) atoms. The summed E-state index contributed by atoms with van der Waals surface area (Å²) in [5, 5.41) is 3.96. The maximum Gasteiger partial charge on any atom is 0.326 e. The largest absolute Gasteiger partial charge is 0.465 e. The lowest BCUT2D eigenvalue weighted by Crippen LogP contribution is -2.50. The number of nitrogens with one attached hydrogen (secondary N) is 1. The van der Waals surface area contributed by atoms with Crippen molar-refractivity contribution >= 4 is 17.7 Å². The molecule has 0 saturated carbocycles. The Morgan fingerprint density at radius 1 is 1.42 bits per heavy atom. The molecule has 1 aliphatic rings. The summed E-state index contributed by atoms with van der Waals surface area (Å²) >= 11 is 1.98. The summed E-state index contributed by atoms with van der Waals surface area (Å²) < 4.78 is 10.3. The van der Waals surface area contributed by atoms with Gasteiger partial charge in [-0.2, -0.15) is 11.8 Å². The van der Waals surface area contributed by atoms with Crippen molar-refractivity contribution in [2.75, 3.05) is 32.1 Å². The number of hydrogen-bond donors (Lipinski definition) is 1. The van der Waals surface area contributed by atoms with E-state index in [1.807, 2.05) is 32.5 Å². The molecule has 1 atom stereocenters. The van der Waals surface area contributed by atoms with Crippen LogP contribution in [0.15, 0.2) is 0 Å². The summed E-state index contributed by atoms with van der Waals surface area (Å²) in [6.45, 7) is 8.85. The Labute approximate surface area is 121 Å². The van der Waals surface area contributed by atoms with E-state index in [0.717, 1.165) is 44.8 Å². The zero-order valence-corrected chi connectivity index (χ0v) is 13.2. The average molecular weight is 289 g/mol. The standard InChI is InChI=1S/C14H27NO3S/c1-4-15-14(3,13(16)18-5-2)8-6-7-9-19-12-10-17-11-12/h12,15H,4-11H2,1-3H3. The Bertz CT molecular complexity index is 271. The molecular weight excluding hydrogens is 262 g/mol. The molecule has 0 aliphatic carbocycles. The zero-order valence-electron chi connectivity index (χ0n) is 12.4. The number of hydrogen-bond acceptors (Lipinski definition) is 5. The lowest BCUT2D eigenvalue weighted by molar-refractivity contribution is -0.150. The van der Waals surface area contributed by atoms with Gasteiger partial charge in [-0.25, -0.2) is 0 Å². The van der Waals surface area contributed by atoms with E-state index in [0.29, 0.717) is 11.9 Å². The Kier molecular flexibility index (Phi) is 7.80. The van der Waals surface area contributed by atoms with Crippen LogP contribution in [-0.4, -0.2) is 48.9 Å². The maximum absolute atomic E-state index is 12.0. The van der Waals surface area contributed by atoms with Crippen LogP contribution in [0.4, 0.5) is 0 Å². The molecular formula is C14H27NO3S. The second-order valence-electron chi connectivity index (χ2n) is 5.07. The number of rotatable bonds is 10. The van der Waals surface area contributed by atoms with E-state index in [2.05, 4.69) is 5.32 Å². The minimum absolute atomic E-state index is 0.128. The Balaban J connectivity index is 2.21. The van der Waals surface area contributed by atoms with Crippen molar-refractivity contribution in [1.29, 1.82) is 0 Å². The third kappa shape index (κ3) is 5.71. The van der Waals surface area contributed by atoms with Crippen molar-refractivity contribution in [2.24, 2.45) is 0 Å². The van der Waals surface area contributed by atoms with Gasteiger partial charge in [0, 0.05) is 0 Å². The predicted octanol–water partition coefficient (Wildman–Crippen LogP) is 2.22. The van der Waals surface area contributed by atoms with Crippen LogP contribution in [0.2, 0.25) is 0 Å². The monoisotopic (exact) mass is 289 g/mol. The first-order chi connectivity index (χ1) is 9.12. The van der Waals surface area contributed by atoms with Gasteiger partial charge in [0.05, 0.1) is 25.1 Å². The molecule has 0 spiro atoms. The van der Waals surface area contributed by atoms with Gasteiger partial charge in [0.2, 0.25) is 0 Å². The molecule has 0 aromatic rings. The van der Waals surface area contributed by atoms with Crippen molar-refractivity contribution in [1.82, 2.24) is 5.32 Å². The molecule has 0 aromatic carbocycles. The van der Waals surface area contributed by atoms with Gasteiger partial charge in [-0.15, -0.1) is 0 Å². The van der Waals surface area contributed by atoms with Crippen LogP contribution in [0, 0.1) is 0 Å². The number of likely N-dealkylation sites (N-methyl/N-ethyl adjacent to an activating group) is 1. The number of esters is 1. The Morgan fingerprint density at radius 2 is 2.16 bits per heavy atom. The van der Waals surface area contributed by atoms with Crippen molar-refractivity contribution in [3.05, 3.63) is 0 Å². The van der Waals surface area contributed by atoms with Gasteiger partial charge in [0.25, 0.3) is 0 Å². The van der Waals surface area contributed by atoms with Gasteiger partial charge >= 0.3 is 5.97 Å². The summed E-state index contributed by atoms with van der Waals surface area (Å²) in [5.74, 6) is 1.02. The summed E-state index contributed by atoms with van der Waals surface area (Å²) in [6.07, 6.45) is 3.02. The van der Waals surface area contributed by atoms with Crippen LogP contribution in [0.3, 0.4) is 0 Å². The number of carbonyl (C=O) groups is 1. The molecule has 112 valence electrons. The van der Waals surface area contributed by atoms with Crippen LogP contribution in [0.5, 0.6) is 0 Å². The fraction of sp³-hybridized carbons (Fsp3) is 0.929. The van der Waals surface area contributed by atoms with E-state index in [4.69, 9.17) is 9.47 Å². The van der Waals surface area contributed by atoms with Gasteiger partial charge in [-0.3, -0.25) is 4.79 Å². The predicted molar refractivity (Wildman–Crippen MR) is 79.6 cm³/mol. The second-order valence-corrected chi connectivity index (χ2v) is 6.48. The van der Waals surface area contributed by atoms with Crippen molar-refractivity contribution in [2.45, 2.75) is 50.8 Å². The fourth-order valence-corrected chi connectivity index (χ4v) is 3.17. The van der Waals surface area contributed by atoms with Gasteiger partial charge < -0.3 is 14.8 Å². The molecule has 4 nitrogen and oxygen atoms in total. The highest BCUT2D eigenvalue weighted by molar-refractivity contribution is 8.00. The fourth-order valence-electron chi connectivity index (χ4n) is 2.08. The third-order valence-electron chi connectivity index (χ3n) is 3.33. The molecule has 1 heterocycles. The quantitative estimate of drug-likeness (QED) is 0.493. The minimum atomic E-state index is -0.533. The molecule has 1 saturated heterocycles. The zero-order chi connectivity index (χ0) is 14.1. The Morgan fingerprint density at radius 3 is 2.68 bits per heavy atom. The molecule has 1 fully saturated rings. The van der Waals surface area contributed by atoms with Crippen molar-refractivity contribution in [3.8, 4) is 0 Å². The first-order valence-electron chi connectivity index (χ1n) is 7.24. The van der Waals surface area contributed by atoms with Gasteiger partial charge in [0.15, 0.2) is 0 Å². The van der Waals surface area contributed by atoms with Gasteiger partial charge in [0.1, 0.15) is 5.54 Å². The molecule has 1 unspecified atom stereocenters. The third-order valence-corrected chi connectivity index (χ3v) is 4.59. The second kappa shape index (κ2) is 8.82. The topological polar surface area (TPSA) is 47.6 Å². The molecule has 0 aromatic heterocycles. The molecule has 5 heteroatoms. The van der Waals surface area contributed by atoms with Crippen molar-refractivity contribution < 1.29 is 14.3 Å². The van der Waals surface area contributed by atoms with Crippen LogP contribution in [0.1, 0.15) is 40.0 Å². The number of carbonyl (C=O) groups excluding carboxylic acids is 1. The molecule has 1 N–H and O–H groups in total. The van der Waals surface area contributed by atoms with Crippen LogP contribution >= 0.6 is 11.8 Å².